The Balaban J connectivity index is 1.32. The zero-order valence-corrected chi connectivity index (χ0v) is 16.1. The van der Waals surface area contributed by atoms with Crippen LogP contribution < -0.4 is 5.32 Å². The van der Waals surface area contributed by atoms with Gasteiger partial charge in [-0.25, -0.2) is 4.68 Å². The molecule has 1 N–H and O–H groups in total. The zero-order valence-electron chi connectivity index (χ0n) is 15.3. The van der Waals surface area contributed by atoms with Gasteiger partial charge in [0.25, 0.3) is 5.91 Å². The van der Waals surface area contributed by atoms with Crippen molar-refractivity contribution in [2.45, 2.75) is 36.4 Å². The van der Waals surface area contributed by atoms with E-state index in [1.165, 1.54) is 0 Å². The predicted octanol–water partition coefficient (Wildman–Crippen LogP) is 3.40. The first-order chi connectivity index (χ1) is 13.8. The molecule has 1 amide bonds. The summed E-state index contributed by atoms with van der Waals surface area (Å²) in [5, 5.41) is 15.6. The van der Waals surface area contributed by atoms with Crippen molar-refractivity contribution in [3.63, 3.8) is 0 Å². The fourth-order valence-electron chi connectivity index (χ4n) is 3.02. The highest BCUT2D eigenvalue weighted by atomic mass is 32.2. The van der Waals surface area contributed by atoms with Gasteiger partial charge in [0.15, 0.2) is 0 Å². The number of thioether (sulfide) groups is 1. The van der Waals surface area contributed by atoms with Crippen molar-refractivity contribution in [2.24, 2.45) is 0 Å². The fourth-order valence-corrected chi connectivity index (χ4v) is 3.86. The van der Waals surface area contributed by atoms with Crippen LogP contribution in [0.25, 0.3) is 0 Å². The van der Waals surface area contributed by atoms with Gasteiger partial charge in [-0.05, 0) is 53.1 Å². The average molecular weight is 395 g/mol. The van der Waals surface area contributed by atoms with E-state index < -0.39 is 0 Å². The van der Waals surface area contributed by atoms with Crippen LogP contribution in [0.5, 0.6) is 0 Å². The maximum absolute atomic E-state index is 12.3. The summed E-state index contributed by atoms with van der Waals surface area (Å²) in [7, 11) is 0. The highest BCUT2D eigenvalue weighted by Gasteiger charge is 2.19. The average Bonchev–Trinajstić information content (AvgIpc) is 3.40. The van der Waals surface area contributed by atoms with Crippen molar-refractivity contribution in [2.75, 3.05) is 11.9 Å². The third kappa shape index (κ3) is 4.76. The summed E-state index contributed by atoms with van der Waals surface area (Å²) in [5.74, 6) is 0.609. The van der Waals surface area contributed by atoms with Crippen LogP contribution in [0.2, 0.25) is 0 Å². The molecule has 2 heterocycles. The molecular formula is C20H21N5O2S. The maximum atomic E-state index is 12.3. The summed E-state index contributed by atoms with van der Waals surface area (Å²) in [6.07, 6.45) is 2.35. The van der Waals surface area contributed by atoms with Gasteiger partial charge in [-0.2, -0.15) is 0 Å². The lowest BCUT2D eigenvalue weighted by molar-refractivity contribution is 0.0911. The van der Waals surface area contributed by atoms with Gasteiger partial charge in [0, 0.05) is 23.6 Å². The van der Waals surface area contributed by atoms with Crippen molar-refractivity contribution in [3.05, 3.63) is 65.7 Å². The number of aromatic nitrogens is 4. The molecular weight excluding hydrogens is 374 g/mol. The summed E-state index contributed by atoms with van der Waals surface area (Å²) in [5.41, 5.74) is 2.51. The van der Waals surface area contributed by atoms with E-state index in [2.05, 4.69) is 20.8 Å². The Bertz CT molecular complexity index is 908. The van der Waals surface area contributed by atoms with E-state index in [0.717, 1.165) is 41.6 Å². The first-order valence-electron chi connectivity index (χ1n) is 9.24. The molecule has 0 aliphatic carbocycles. The number of ether oxygens (including phenoxy) is 1. The third-order valence-corrected chi connectivity index (χ3v) is 5.54. The van der Waals surface area contributed by atoms with E-state index in [4.69, 9.17) is 4.74 Å². The van der Waals surface area contributed by atoms with Crippen LogP contribution in [0, 0.1) is 0 Å². The third-order valence-electron chi connectivity index (χ3n) is 4.52. The number of anilines is 1. The van der Waals surface area contributed by atoms with Gasteiger partial charge in [0.1, 0.15) is 0 Å². The number of benzene rings is 2. The molecule has 1 aliphatic heterocycles. The number of rotatable bonds is 7. The number of tetrazole rings is 1. The van der Waals surface area contributed by atoms with Gasteiger partial charge in [-0.3, -0.25) is 4.79 Å². The molecule has 0 saturated carbocycles. The van der Waals surface area contributed by atoms with Gasteiger partial charge in [-0.15, -0.1) is 5.10 Å². The van der Waals surface area contributed by atoms with E-state index in [1.807, 2.05) is 59.3 Å². The standard InChI is InChI=1S/C20H21N5O2S/c26-19(21-17-5-2-1-3-6-17)16-10-8-15(9-11-16)14-28-20-22-23-24-25(20)13-18-7-4-12-27-18/h1-3,5-6,8-11,18H,4,7,12-14H2,(H,21,26). The molecule has 1 aliphatic rings. The second-order valence-corrected chi connectivity index (χ2v) is 7.53. The van der Waals surface area contributed by atoms with Gasteiger partial charge < -0.3 is 10.1 Å². The molecule has 0 radical (unpaired) electrons. The summed E-state index contributed by atoms with van der Waals surface area (Å²) in [6, 6.07) is 17.0. The van der Waals surface area contributed by atoms with Gasteiger partial charge >= 0.3 is 0 Å². The quantitative estimate of drug-likeness (QED) is 0.618. The topological polar surface area (TPSA) is 81.9 Å². The lowest BCUT2D eigenvalue weighted by atomic mass is 10.1. The van der Waals surface area contributed by atoms with Crippen molar-refractivity contribution in [1.29, 1.82) is 0 Å². The Morgan fingerprint density at radius 3 is 2.75 bits per heavy atom. The van der Waals surface area contributed by atoms with Crippen LogP contribution in [0.4, 0.5) is 5.69 Å². The van der Waals surface area contributed by atoms with Crippen LogP contribution in [0.1, 0.15) is 28.8 Å². The minimum Gasteiger partial charge on any atom is -0.376 e. The van der Waals surface area contributed by atoms with Crippen LogP contribution in [0.3, 0.4) is 0 Å². The Morgan fingerprint density at radius 1 is 1.18 bits per heavy atom. The first kappa shape index (κ1) is 18.6. The second kappa shape index (κ2) is 8.99. The molecule has 2 aromatic carbocycles. The predicted molar refractivity (Wildman–Crippen MR) is 107 cm³/mol. The molecule has 4 rings (SSSR count). The van der Waals surface area contributed by atoms with E-state index in [0.29, 0.717) is 12.1 Å². The molecule has 3 aromatic rings. The number of carbonyl (C=O) groups is 1. The van der Waals surface area contributed by atoms with Crippen molar-refractivity contribution >= 4 is 23.4 Å². The number of nitrogens with zero attached hydrogens (tertiary/aromatic N) is 4. The monoisotopic (exact) mass is 395 g/mol. The van der Waals surface area contributed by atoms with E-state index in [-0.39, 0.29) is 12.0 Å². The smallest absolute Gasteiger partial charge is 0.255 e. The largest absolute Gasteiger partial charge is 0.376 e. The second-order valence-electron chi connectivity index (χ2n) is 6.58. The summed E-state index contributed by atoms with van der Waals surface area (Å²) >= 11 is 1.58. The summed E-state index contributed by atoms with van der Waals surface area (Å²) < 4.78 is 7.47. The molecule has 1 fully saturated rings. The molecule has 1 saturated heterocycles. The number of nitrogens with one attached hydrogen (secondary N) is 1. The van der Waals surface area contributed by atoms with E-state index in [9.17, 15) is 4.79 Å². The molecule has 28 heavy (non-hydrogen) atoms. The zero-order chi connectivity index (χ0) is 19.2. The first-order valence-corrected chi connectivity index (χ1v) is 10.2. The highest BCUT2D eigenvalue weighted by molar-refractivity contribution is 7.98. The fraction of sp³-hybridized carbons (Fsp3) is 0.300. The molecule has 1 unspecified atom stereocenters. The lowest BCUT2D eigenvalue weighted by Crippen LogP contribution is -2.16. The van der Waals surface area contributed by atoms with E-state index >= 15 is 0 Å². The van der Waals surface area contributed by atoms with Crippen LogP contribution in [-0.2, 0) is 17.0 Å². The number of carbonyl (C=O) groups excluding carboxylic acids is 1. The summed E-state index contributed by atoms with van der Waals surface area (Å²) in [4.78, 5) is 12.3. The van der Waals surface area contributed by atoms with Crippen molar-refractivity contribution < 1.29 is 9.53 Å². The Labute approximate surface area is 167 Å². The SMILES string of the molecule is O=C(Nc1ccccc1)c1ccc(CSc2nnnn2CC2CCCO2)cc1. The Kier molecular flexibility index (Phi) is 5.98. The lowest BCUT2D eigenvalue weighted by Gasteiger charge is -2.10. The molecule has 144 valence electrons. The minimum atomic E-state index is -0.120. The van der Waals surface area contributed by atoms with Gasteiger partial charge in [0.2, 0.25) is 5.16 Å². The number of hydrogen-bond donors (Lipinski definition) is 1. The Hall–Kier alpha value is -2.71. The summed E-state index contributed by atoms with van der Waals surface area (Å²) in [6.45, 7) is 1.51. The molecule has 7 nitrogen and oxygen atoms in total. The van der Waals surface area contributed by atoms with Crippen LogP contribution >= 0.6 is 11.8 Å². The van der Waals surface area contributed by atoms with Crippen molar-refractivity contribution in [1.82, 2.24) is 20.2 Å². The maximum Gasteiger partial charge on any atom is 0.255 e. The molecule has 1 atom stereocenters. The number of hydrogen-bond acceptors (Lipinski definition) is 6. The van der Waals surface area contributed by atoms with Crippen LogP contribution in [0.15, 0.2) is 59.8 Å². The van der Waals surface area contributed by atoms with Gasteiger partial charge in [0.05, 0.1) is 12.6 Å². The minimum absolute atomic E-state index is 0.120. The van der Waals surface area contributed by atoms with E-state index in [1.54, 1.807) is 11.8 Å². The normalized spacial score (nSPS) is 16.2. The molecule has 0 spiro atoms. The van der Waals surface area contributed by atoms with Crippen LogP contribution in [-0.4, -0.2) is 38.8 Å². The Morgan fingerprint density at radius 2 is 2.00 bits per heavy atom. The number of amides is 1. The van der Waals surface area contributed by atoms with Gasteiger partial charge in [-0.1, -0.05) is 42.1 Å². The number of para-hydroxylation sites is 1. The molecule has 8 heteroatoms. The molecule has 1 aromatic heterocycles. The van der Waals surface area contributed by atoms with Crippen molar-refractivity contribution in [3.8, 4) is 0 Å². The highest BCUT2D eigenvalue weighted by Crippen LogP contribution is 2.22. The molecule has 0 bridgehead atoms.